The van der Waals surface area contributed by atoms with E-state index >= 15 is 0 Å². The number of methoxy groups -OCH3 is 1. The molecule has 0 bridgehead atoms. The summed E-state index contributed by atoms with van der Waals surface area (Å²) < 4.78 is 16.9. The van der Waals surface area contributed by atoms with Gasteiger partial charge >= 0.3 is 6.09 Å². The number of hydrazine groups is 1. The first kappa shape index (κ1) is 10.0. The Hall–Kier alpha value is -2.05. The molecule has 3 N–H and O–H groups in total. The van der Waals surface area contributed by atoms with Gasteiger partial charge in [0.2, 0.25) is 0 Å². The fourth-order valence-corrected chi connectivity index (χ4v) is 0.746. The average molecular weight is 201 g/mol. The van der Waals surface area contributed by atoms with Gasteiger partial charge < -0.3 is 9.72 Å². The van der Waals surface area contributed by atoms with Crippen molar-refractivity contribution in [2.75, 3.05) is 7.11 Å². The van der Waals surface area contributed by atoms with E-state index in [1.54, 1.807) is 0 Å². The molecule has 1 aromatic rings. The van der Waals surface area contributed by atoms with Crippen molar-refractivity contribution in [3.63, 3.8) is 0 Å². The minimum Gasteiger partial charge on any atom is -0.452 e. The summed E-state index contributed by atoms with van der Waals surface area (Å²) in [7, 11) is 1.14. The monoisotopic (exact) mass is 201 g/mol. The third kappa shape index (κ3) is 2.22. The Balaban J connectivity index is 2.52. The van der Waals surface area contributed by atoms with Crippen molar-refractivity contribution in [2.24, 2.45) is 0 Å². The highest BCUT2D eigenvalue weighted by atomic mass is 19.1. The van der Waals surface area contributed by atoms with E-state index in [0.29, 0.717) is 0 Å². The predicted octanol–water partition coefficient (Wildman–Crippen LogP) is 0.155. The van der Waals surface area contributed by atoms with Crippen molar-refractivity contribution in [3.05, 3.63) is 23.8 Å². The van der Waals surface area contributed by atoms with Crippen LogP contribution in [0.2, 0.25) is 0 Å². The normalized spacial score (nSPS) is 9.29. The van der Waals surface area contributed by atoms with Crippen molar-refractivity contribution in [1.29, 1.82) is 0 Å². The lowest BCUT2D eigenvalue weighted by molar-refractivity contribution is 0.0912. The Morgan fingerprint density at radius 3 is 2.71 bits per heavy atom. The first-order valence-electron chi connectivity index (χ1n) is 3.62. The SMILES string of the molecule is COC(=O)NNC(=O)c1[nH]ccc1F. The number of hydrogen-bond donors (Lipinski definition) is 3. The van der Waals surface area contributed by atoms with Crippen molar-refractivity contribution >= 4 is 12.0 Å². The smallest absolute Gasteiger partial charge is 0.425 e. The van der Waals surface area contributed by atoms with Crippen molar-refractivity contribution in [3.8, 4) is 0 Å². The van der Waals surface area contributed by atoms with Crippen LogP contribution >= 0.6 is 0 Å². The maximum Gasteiger partial charge on any atom is 0.425 e. The summed E-state index contributed by atoms with van der Waals surface area (Å²) in [5.74, 6) is -1.49. The van der Waals surface area contributed by atoms with E-state index in [-0.39, 0.29) is 5.69 Å². The van der Waals surface area contributed by atoms with E-state index in [0.717, 1.165) is 13.2 Å². The third-order valence-corrected chi connectivity index (χ3v) is 1.39. The van der Waals surface area contributed by atoms with Crippen molar-refractivity contribution < 1.29 is 18.7 Å². The van der Waals surface area contributed by atoms with Crippen molar-refractivity contribution in [1.82, 2.24) is 15.8 Å². The number of H-pyrrole nitrogens is 1. The van der Waals surface area contributed by atoms with Gasteiger partial charge in [0.1, 0.15) is 5.69 Å². The van der Waals surface area contributed by atoms with Crippen LogP contribution < -0.4 is 10.9 Å². The highest BCUT2D eigenvalue weighted by Crippen LogP contribution is 2.02. The number of amides is 2. The topological polar surface area (TPSA) is 83.2 Å². The van der Waals surface area contributed by atoms with Crippen LogP contribution in [0.1, 0.15) is 10.5 Å². The lowest BCUT2D eigenvalue weighted by Gasteiger charge is -2.04. The molecule has 0 aliphatic carbocycles. The van der Waals surface area contributed by atoms with Gasteiger partial charge in [-0.25, -0.2) is 14.6 Å². The van der Waals surface area contributed by atoms with Crippen LogP contribution in [0.5, 0.6) is 0 Å². The molecule has 1 heterocycles. The van der Waals surface area contributed by atoms with Gasteiger partial charge in [0, 0.05) is 6.20 Å². The molecule has 7 heteroatoms. The van der Waals surface area contributed by atoms with Gasteiger partial charge in [-0.05, 0) is 6.07 Å². The molecule has 1 aromatic heterocycles. The number of aromatic nitrogens is 1. The summed E-state index contributed by atoms with van der Waals surface area (Å²) in [5.41, 5.74) is 3.58. The number of rotatable bonds is 1. The molecule has 0 aliphatic heterocycles. The van der Waals surface area contributed by atoms with Crippen LogP contribution in [0.3, 0.4) is 0 Å². The number of halogens is 1. The second-order valence-electron chi connectivity index (χ2n) is 2.27. The molecule has 0 fully saturated rings. The Morgan fingerprint density at radius 2 is 2.21 bits per heavy atom. The highest BCUT2D eigenvalue weighted by Gasteiger charge is 2.12. The second-order valence-corrected chi connectivity index (χ2v) is 2.27. The minimum atomic E-state index is -0.842. The Morgan fingerprint density at radius 1 is 1.50 bits per heavy atom. The van der Waals surface area contributed by atoms with E-state index in [4.69, 9.17) is 0 Å². The van der Waals surface area contributed by atoms with Crippen LogP contribution in [-0.2, 0) is 4.74 Å². The van der Waals surface area contributed by atoms with Gasteiger partial charge in [-0.1, -0.05) is 0 Å². The molecule has 76 valence electrons. The quantitative estimate of drug-likeness (QED) is 0.566. The van der Waals surface area contributed by atoms with Crippen LogP contribution in [-0.4, -0.2) is 24.1 Å². The van der Waals surface area contributed by atoms with Crippen LogP contribution in [0.15, 0.2) is 12.3 Å². The molecular formula is C7H8FN3O3. The number of carbonyl (C=O) groups excluding carboxylic acids is 2. The van der Waals surface area contributed by atoms with Gasteiger partial charge in [0.05, 0.1) is 7.11 Å². The van der Waals surface area contributed by atoms with Gasteiger partial charge in [-0.3, -0.25) is 10.2 Å². The zero-order chi connectivity index (χ0) is 10.6. The average Bonchev–Trinajstić information content (AvgIpc) is 2.60. The summed E-state index contributed by atoms with van der Waals surface area (Å²) in [6, 6.07) is 1.09. The number of nitrogens with one attached hydrogen (secondary N) is 3. The largest absolute Gasteiger partial charge is 0.452 e. The lowest BCUT2D eigenvalue weighted by atomic mass is 10.4. The second kappa shape index (κ2) is 4.26. The molecule has 1 rings (SSSR count). The van der Waals surface area contributed by atoms with Gasteiger partial charge in [-0.2, -0.15) is 0 Å². The zero-order valence-electron chi connectivity index (χ0n) is 7.26. The van der Waals surface area contributed by atoms with Crippen LogP contribution in [0.4, 0.5) is 9.18 Å². The first-order chi connectivity index (χ1) is 6.65. The van der Waals surface area contributed by atoms with E-state index in [1.807, 2.05) is 10.9 Å². The van der Waals surface area contributed by atoms with E-state index in [2.05, 4.69) is 9.72 Å². The molecule has 0 saturated heterocycles. The van der Waals surface area contributed by atoms with Crippen LogP contribution in [0, 0.1) is 5.82 Å². The van der Waals surface area contributed by atoms with Gasteiger partial charge in [-0.15, -0.1) is 0 Å². The number of aromatic amines is 1. The standard InChI is InChI=1S/C7H8FN3O3/c1-14-7(13)11-10-6(12)5-4(8)2-3-9-5/h2-3,9H,1H3,(H,10,12)(H,11,13). The van der Waals surface area contributed by atoms with Gasteiger partial charge in [0.25, 0.3) is 5.91 Å². The third-order valence-electron chi connectivity index (χ3n) is 1.39. The zero-order valence-corrected chi connectivity index (χ0v) is 7.26. The maximum absolute atomic E-state index is 12.8. The molecule has 0 radical (unpaired) electrons. The molecule has 6 nitrogen and oxygen atoms in total. The van der Waals surface area contributed by atoms with Gasteiger partial charge in [0.15, 0.2) is 5.82 Å². The molecule has 2 amide bonds. The predicted molar refractivity (Wildman–Crippen MR) is 43.8 cm³/mol. The van der Waals surface area contributed by atoms with Crippen LogP contribution in [0.25, 0.3) is 0 Å². The summed E-state index contributed by atoms with van der Waals surface area (Å²) in [5, 5.41) is 0. The fourth-order valence-electron chi connectivity index (χ4n) is 0.746. The minimum absolute atomic E-state index is 0.263. The molecule has 0 saturated carbocycles. The summed E-state index contributed by atoms with van der Waals surface area (Å²) in [6.07, 6.45) is 0.424. The molecule has 0 atom stereocenters. The Labute approximate surface area is 78.4 Å². The lowest BCUT2D eigenvalue weighted by Crippen LogP contribution is -2.41. The fraction of sp³-hybridized carbons (Fsp3) is 0.143. The molecule has 0 unspecified atom stereocenters. The number of ether oxygens (including phenoxy) is 1. The maximum atomic E-state index is 12.8. The number of carbonyl (C=O) groups is 2. The summed E-state index contributed by atoms with van der Waals surface area (Å²) in [4.78, 5) is 24.0. The van der Waals surface area contributed by atoms with E-state index in [1.165, 1.54) is 6.20 Å². The summed E-state index contributed by atoms with van der Waals surface area (Å²) >= 11 is 0. The van der Waals surface area contributed by atoms with E-state index < -0.39 is 17.8 Å². The molecule has 0 aliphatic rings. The molecule has 14 heavy (non-hydrogen) atoms. The molecular weight excluding hydrogens is 193 g/mol. The summed E-state index contributed by atoms with van der Waals surface area (Å²) in [6.45, 7) is 0. The molecule has 0 aromatic carbocycles. The van der Waals surface area contributed by atoms with Crippen molar-refractivity contribution in [2.45, 2.75) is 0 Å². The Kier molecular flexibility index (Phi) is 3.05. The molecule has 0 spiro atoms. The van der Waals surface area contributed by atoms with E-state index in [9.17, 15) is 14.0 Å². The Bertz CT molecular complexity index is 350. The first-order valence-corrected chi connectivity index (χ1v) is 3.62. The number of hydrogen-bond acceptors (Lipinski definition) is 3. The highest BCUT2D eigenvalue weighted by molar-refractivity contribution is 5.93.